The quantitative estimate of drug-likeness (QED) is 0.908. The zero-order chi connectivity index (χ0) is 17.6. The van der Waals surface area contributed by atoms with Gasteiger partial charge in [-0.05, 0) is 45.9 Å². The van der Waals surface area contributed by atoms with Gasteiger partial charge in [0, 0.05) is 37.9 Å². The van der Waals surface area contributed by atoms with E-state index in [2.05, 4.69) is 46.2 Å². The van der Waals surface area contributed by atoms with Crippen LogP contribution >= 0.6 is 0 Å². The van der Waals surface area contributed by atoms with E-state index in [0.29, 0.717) is 17.6 Å². The van der Waals surface area contributed by atoms with Gasteiger partial charge in [0.1, 0.15) is 0 Å². The van der Waals surface area contributed by atoms with Crippen LogP contribution in [-0.2, 0) is 0 Å². The fraction of sp³-hybridized carbons (Fsp3) is 0.611. The van der Waals surface area contributed by atoms with Gasteiger partial charge in [0.15, 0.2) is 11.5 Å². The Hall–Kier alpha value is -1.99. The molecule has 1 atom stereocenters. The molecule has 2 aromatic heterocycles. The summed E-state index contributed by atoms with van der Waals surface area (Å²) >= 11 is 0. The number of hydrogen-bond acceptors (Lipinski definition) is 5. The summed E-state index contributed by atoms with van der Waals surface area (Å²) in [6.07, 6.45) is 4.06. The summed E-state index contributed by atoms with van der Waals surface area (Å²) in [6, 6.07) is 4.68. The van der Waals surface area contributed by atoms with Gasteiger partial charge in [-0.15, -0.1) is 10.2 Å². The molecule has 2 aliphatic rings. The number of likely N-dealkylation sites (N-methyl/N-ethyl adjacent to an activating group) is 1. The second kappa shape index (κ2) is 6.38. The summed E-state index contributed by atoms with van der Waals surface area (Å²) in [5, 5.41) is 11.8. The number of fused-ring (bicyclic) bond motifs is 1. The third-order valence-electron chi connectivity index (χ3n) is 5.19. The summed E-state index contributed by atoms with van der Waals surface area (Å²) < 4.78 is 1.99. The number of carbonyl (C=O) groups is 1. The monoisotopic (exact) mass is 342 g/mol. The minimum Gasteiger partial charge on any atom is -0.349 e. The molecule has 1 saturated heterocycles. The highest BCUT2D eigenvalue weighted by molar-refractivity contribution is 5.94. The maximum Gasteiger partial charge on any atom is 0.252 e. The fourth-order valence-corrected chi connectivity index (χ4v) is 3.55. The summed E-state index contributed by atoms with van der Waals surface area (Å²) in [5.41, 5.74) is 1.45. The standard InChI is InChI=1S/C18H26N6O/c1-12(2)23-9-8-22(3)11-15(23)17-21-20-16-7-4-13(10-24(16)17)18(25)19-14-5-6-14/h4,7,10,12,14-15H,5-6,8-9,11H2,1-3H3,(H,19,25). The maximum absolute atomic E-state index is 12.4. The van der Waals surface area contributed by atoms with Crippen LogP contribution in [0.2, 0.25) is 0 Å². The van der Waals surface area contributed by atoms with Crippen molar-refractivity contribution < 1.29 is 4.79 Å². The van der Waals surface area contributed by atoms with Crippen molar-refractivity contribution in [3.63, 3.8) is 0 Å². The Labute approximate surface area is 148 Å². The average Bonchev–Trinajstić information content (AvgIpc) is 3.30. The van der Waals surface area contributed by atoms with Gasteiger partial charge in [-0.25, -0.2) is 0 Å². The van der Waals surface area contributed by atoms with E-state index in [1.54, 1.807) is 0 Å². The van der Waals surface area contributed by atoms with Crippen LogP contribution in [0.4, 0.5) is 0 Å². The van der Waals surface area contributed by atoms with Crippen LogP contribution in [0.15, 0.2) is 18.3 Å². The van der Waals surface area contributed by atoms with Crippen molar-refractivity contribution in [1.82, 2.24) is 29.7 Å². The Morgan fingerprint density at radius 3 is 2.76 bits per heavy atom. The Morgan fingerprint density at radius 2 is 2.04 bits per heavy atom. The molecule has 134 valence electrons. The molecular weight excluding hydrogens is 316 g/mol. The lowest BCUT2D eigenvalue weighted by Gasteiger charge is -2.41. The molecule has 1 saturated carbocycles. The number of carbonyl (C=O) groups excluding carboxylic acids is 1. The van der Waals surface area contributed by atoms with Crippen molar-refractivity contribution in [1.29, 1.82) is 0 Å². The highest BCUT2D eigenvalue weighted by Crippen LogP contribution is 2.26. The maximum atomic E-state index is 12.4. The van der Waals surface area contributed by atoms with E-state index in [0.717, 1.165) is 43.9 Å². The normalized spacial score (nSPS) is 22.6. The molecule has 0 aromatic carbocycles. The smallest absolute Gasteiger partial charge is 0.252 e. The average molecular weight is 342 g/mol. The zero-order valence-corrected chi connectivity index (χ0v) is 15.1. The predicted octanol–water partition coefficient (Wildman–Crippen LogP) is 1.32. The molecule has 7 nitrogen and oxygen atoms in total. The molecule has 0 radical (unpaired) electrons. The van der Waals surface area contributed by atoms with Crippen LogP contribution in [0.1, 0.15) is 48.9 Å². The second-order valence-corrected chi connectivity index (χ2v) is 7.56. The molecular formula is C18H26N6O. The van der Waals surface area contributed by atoms with Gasteiger partial charge in [-0.1, -0.05) is 0 Å². The molecule has 1 amide bonds. The molecule has 1 unspecified atom stereocenters. The second-order valence-electron chi connectivity index (χ2n) is 7.56. The van der Waals surface area contributed by atoms with E-state index >= 15 is 0 Å². The molecule has 25 heavy (non-hydrogen) atoms. The molecule has 2 aromatic rings. The molecule has 1 aliphatic carbocycles. The lowest BCUT2D eigenvalue weighted by atomic mass is 10.1. The van der Waals surface area contributed by atoms with Crippen LogP contribution in [-0.4, -0.2) is 69.1 Å². The van der Waals surface area contributed by atoms with Crippen molar-refractivity contribution in [2.45, 2.75) is 44.8 Å². The highest BCUT2D eigenvalue weighted by atomic mass is 16.1. The van der Waals surface area contributed by atoms with Crippen molar-refractivity contribution >= 4 is 11.6 Å². The fourth-order valence-electron chi connectivity index (χ4n) is 3.55. The lowest BCUT2D eigenvalue weighted by Crippen LogP contribution is -2.50. The first-order valence-corrected chi connectivity index (χ1v) is 9.13. The molecule has 2 fully saturated rings. The van der Waals surface area contributed by atoms with Crippen LogP contribution in [0.5, 0.6) is 0 Å². The largest absolute Gasteiger partial charge is 0.349 e. The molecule has 4 rings (SSSR count). The molecule has 1 aliphatic heterocycles. The molecule has 7 heteroatoms. The van der Waals surface area contributed by atoms with Gasteiger partial charge < -0.3 is 10.2 Å². The molecule has 0 spiro atoms. The minimum atomic E-state index is -0.00877. The Bertz CT molecular complexity index is 781. The lowest BCUT2D eigenvalue weighted by molar-refractivity contribution is 0.0586. The van der Waals surface area contributed by atoms with E-state index in [1.165, 1.54) is 0 Å². The number of nitrogens with one attached hydrogen (secondary N) is 1. The van der Waals surface area contributed by atoms with Gasteiger partial charge in [0.05, 0.1) is 11.6 Å². The van der Waals surface area contributed by atoms with Crippen molar-refractivity contribution in [2.75, 3.05) is 26.7 Å². The molecule has 0 bridgehead atoms. The summed E-state index contributed by atoms with van der Waals surface area (Å²) in [5.74, 6) is 0.904. The first-order chi connectivity index (χ1) is 12.0. The number of nitrogens with zero attached hydrogens (tertiary/aromatic N) is 5. The predicted molar refractivity (Wildman–Crippen MR) is 95.6 cm³/mol. The Balaban J connectivity index is 1.69. The third-order valence-corrected chi connectivity index (χ3v) is 5.19. The van der Waals surface area contributed by atoms with Gasteiger partial charge in [-0.2, -0.15) is 0 Å². The highest BCUT2D eigenvalue weighted by Gasteiger charge is 2.32. The number of hydrogen-bond donors (Lipinski definition) is 1. The van der Waals surface area contributed by atoms with E-state index < -0.39 is 0 Å². The van der Waals surface area contributed by atoms with Crippen LogP contribution in [0, 0.1) is 0 Å². The van der Waals surface area contributed by atoms with E-state index in [-0.39, 0.29) is 11.9 Å². The van der Waals surface area contributed by atoms with E-state index in [9.17, 15) is 4.79 Å². The van der Waals surface area contributed by atoms with Crippen LogP contribution in [0.3, 0.4) is 0 Å². The van der Waals surface area contributed by atoms with Crippen LogP contribution < -0.4 is 5.32 Å². The van der Waals surface area contributed by atoms with Gasteiger partial charge in [0.2, 0.25) is 0 Å². The topological polar surface area (TPSA) is 65.8 Å². The van der Waals surface area contributed by atoms with E-state index in [4.69, 9.17) is 0 Å². The first-order valence-electron chi connectivity index (χ1n) is 9.13. The molecule has 1 N–H and O–H groups in total. The number of amides is 1. The minimum absolute atomic E-state index is 0.00877. The first kappa shape index (κ1) is 16.5. The van der Waals surface area contributed by atoms with E-state index in [1.807, 2.05) is 22.7 Å². The van der Waals surface area contributed by atoms with Crippen molar-refractivity contribution in [3.05, 3.63) is 29.7 Å². The van der Waals surface area contributed by atoms with Gasteiger partial charge in [-0.3, -0.25) is 14.1 Å². The van der Waals surface area contributed by atoms with Crippen molar-refractivity contribution in [3.8, 4) is 0 Å². The molecule has 3 heterocycles. The van der Waals surface area contributed by atoms with Gasteiger partial charge in [0.25, 0.3) is 5.91 Å². The van der Waals surface area contributed by atoms with Crippen molar-refractivity contribution in [2.24, 2.45) is 0 Å². The van der Waals surface area contributed by atoms with Crippen LogP contribution in [0.25, 0.3) is 5.65 Å². The third kappa shape index (κ3) is 3.26. The Morgan fingerprint density at radius 1 is 1.24 bits per heavy atom. The number of rotatable bonds is 4. The summed E-state index contributed by atoms with van der Waals surface area (Å²) in [7, 11) is 2.14. The number of piperazine rings is 1. The zero-order valence-electron chi connectivity index (χ0n) is 15.1. The number of aromatic nitrogens is 3. The number of pyridine rings is 1. The Kier molecular flexibility index (Phi) is 4.21. The summed E-state index contributed by atoms with van der Waals surface area (Å²) in [4.78, 5) is 17.2. The SMILES string of the molecule is CC(C)N1CCN(C)CC1c1nnc2ccc(C(=O)NC3CC3)cn12. The van der Waals surface area contributed by atoms with Gasteiger partial charge >= 0.3 is 0 Å². The summed E-state index contributed by atoms with van der Waals surface area (Å²) in [6.45, 7) is 7.42.